The molecule has 0 heterocycles. The molecule has 2 atom stereocenters. The van der Waals surface area contributed by atoms with E-state index >= 15 is 0 Å². The number of carbonyl (C=O) groups excluding carboxylic acids is 1. The standard InChI is InChI=1S/C15H18O4/c1-19-12-6-2-4-10(8-12)13-7-3-5-11(16)9-14(13)15(17)18/h2,4,6,8,13-14H,3,5,7,9H2,1H3,(H,17,18)/t13-,14?/m1/s1. The van der Waals surface area contributed by atoms with E-state index in [2.05, 4.69) is 0 Å². The highest BCUT2D eigenvalue weighted by Gasteiger charge is 2.33. The Bertz CT molecular complexity index is 481. The first kappa shape index (κ1) is 13.6. The average Bonchev–Trinajstić information content (AvgIpc) is 2.60. The number of carboxylic acids is 1. The summed E-state index contributed by atoms with van der Waals surface area (Å²) in [6.07, 6.45) is 2.11. The molecule has 4 nitrogen and oxygen atoms in total. The summed E-state index contributed by atoms with van der Waals surface area (Å²) >= 11 is 0. The van der Waals surface area contributed by atoms with Crippen LogP contribution in [0.15, 0.2) is 24.3 Å². The summed E-state index contributed by atoms with van der Waals surface area (Å²) in [6, 6.07) is 7.48. The molecule has 0 aromatic heterocycles. The lowest BCUT2D eigenvalue weighted by Gasteiger charge is -2.21. The number of ketones is 1. The van der Waals surface area contributed by atoms with Crippen molar-refractivity contribution in [1.29, 1.82) is 0 Å². The Kier molecular flexibility index (Phi) is 4.20. The van der Waals surface area contributed by atoms with E-state index in [0.717, 1.165) is 24.2 Å². The second-order valence-electron chi connectivity index (χ2n) is 4.96. The zero-order valence-corrected chi connectivity index (χ0v) is 11.0. The van der Waals surface area contributed by atoms with E-state index in [0.29, 0.717) is 6.42 Å². The zero-order valence-electron chi connectivity index (χ0n) is 11.0. The molecule has 1 unspecified atom stereocenters. The molecule has 1 aromatic carbocycles. The maximum atomic E-state index is 11.6. The minimum Gasteiger partial charge on any atom is -0.497 e. The third kappa shape index (κ3) is 3.13. The molecule has 0 bridgehead atoms. The summed E-state index contributed by atoms with van der Waals surface area (Å²) in [6.45, 7) is 0. The van der Waals surface area contributed by atoms with Gasteiger partial charge in [-0.2, -0.15) is 0 Å². The number of hydrogen-bond donors (Lipinski definition) is 1. The molecule has 0 aliphatic heterocycles. The second-order valence-corrected chi connectivity index (χ2v) is 4.96. The summed E-state index contributed by atoms with van der Waals surface area (Å²) in [5.41, 5.74) is 0.946. The van der Waals surface area contributed by atoms with Crippen molar-refractivity contribution in [1.82, 2.24) is 0 Å². The van der Waals surface area contributed by atoms with Crippen LogP contribution >= 0.6 is 0 Å². The van der Waals surface area contributed by atoms with Gasteiger partial charge in [0.1, 0.15) is 11.5 Å². The Morgan fingerprint density at radius 1 is 1.42 bits per heavy atom. The van der Waals surface area contributed by atoms with E-state index in [1.165, 1.54) is 0 Å². The monoisotopic (exact) mass is 262 g/mol. The smallest absolute Gasteiger partial charge is 0.307 e. The van der Waals surface area contributed by atoms with Gasteiger partial charge in [-0.1, -0.05) is 12.1 Å². The predicted molar refractivity (Wildman–Crippen MR) is 70.3 cm³/mol. The molecule has 19 heavy (non-hydrogen) atoms. The van der Waals surface area contributed by atoms with Gasteiger partial charge in [-0.3, -0.25) is 9.59 Å². The Hall–Kier alpha value is -1.84. The van der Waals surface area contributed by atoms with Crippen molar-refractivity contribution in [3.63, 3.8) is 0 Å². The molecule has 102 valence electrons. The van der Waals surface area contributed by atoms with Crippen LogP contribution in [0.25, 0.3) is 0 Å². The van der Waals surface area contributed by atoms with Crippen LogP contribution < -0.4 is 4.74 Å². The number of ether oxygens (including phenoxy) is 1. The van der Waals surface area contributed by atoms with Crippen molar-refractivity contribution >= 4 is 11.8 Å². The number of rotatable bonds is 3. The lowest BCUT2D eigenvalue weighted by atomic mass is 9.82. The van der Waals surface area contributed by atoms with Crippen molar-refractivity contribution in [3.05, 3.63) is 29.8 Å². The van der Waals surface area contributed by atoms with Crippen molar-refractivity contribution in [2.45, 2.75) is 31.6 Å². The van der Waals surface area contributed by atoms with Crippen LogP contribution in [-0.2, 0) is 9.59 Å². The first-order chi connectivity index (χ1) is 9.11. The number of benzene rings is 1. The van der Waals surface area contributed by atoms with Gasteiger partial charge in [0.05, 0.1) is 13.0 Å². The van der Waals surface area contributed by atoms with Crippen LogP contribution in [0.4, 0.5) is 0 Å². The SMILES string of the molecule is COc1cccc([C@H]2CCCC(=O)CC2C(=O)O)c1. The molecule has 1 fully saturated rings. The van der Waals surface area contributed by atoms with Gasteiger partial charge in [-0.05, 0) is 36.5 Å². The molecule has 4 heteroatoms. The Morgan fingerprint density at radius 3 is 2.89 bits per heavy atom. The zero-order chi connectivity index (χ0) is 13.8. The largest absolute Gasteiger partial charge is 0.497 e. The fourth-order valence-corrected chi connectivity index (χ4v) is 2.74. The topological polar surface area (TPSA) is 63.6 Å². The number of Topliss-reactive ketones (excluding diaryl/α,β-unsaturated/α-hetero) is 1. The summed E-state index contributed by atoms with van der Waals surface area (Å²) in [4.78, 5) is 23.0. The highest BCUT2D eigenvalue weighted by atomic mass is 16.5. The first-order valence-corrected chi connectivity index (χ1v) is 6.50. The fraction of sp³-hybridized carbons (Fsp3) is 0.467. The van der Waals surface area contributed by atoms with Gasteiger partial charge in [0.15, 0.2) is 0 Å². The van der Waals surface area contributed by atoms with Crippen molar-refractivity contribution in [2.75, 3.05) is 7.11 Å². The number of carboxylic acid groups (broad SMARTS) is 1. The molecule has 0 amide bonds. The minimum absolute atomic E-state index is 0.0535. The van der Waals surface area contributed by atoms with Crippen LogP contribution in [0.5, 0.6) is 5.75 Å². The maximum Gasteiger partial charge on any atom is 0.307 e. The van der Waals surface area contributed by atoms with Gasteiger partial charge < -0.3 is 9.84 Å². The molecule has 2 rings (SSSR count). The highest BCUT2D eigenvalue weighted by molar-refractivity contribution is 5.84. The molecule has 0 radical (unpaired) electrons. The number of hydrogen-bond acceptors (Lipinski definition) is 3. The van der Waals surface area contributed by atoms with E-state index in [4.69, 9.17) is 4.74 Å². The number of aliphatic carboxylic acids is 1. The van der Waals surface area contributed by atoms with E-state index in [-0.39, 0.29) is 18.1 Å². The number of methoxy groups -OCH3 is 1. The average molecular weight is 262 g/mol. The molecule has 1 aromatic rings. The molecule has 0 spiro atoms. The molecule has 1 saturated carbocycles. The van der Waals surface area contributed by atoms with Crippen LogP contribution in [0.3, 0.4) is 0 Å². The van der Waals surface area contributed by atoms with Crippen LogP contribution in [0, 0.1) is 5.92 Å². The molecular weight excluding hydrogens is 244 g/mol. The lowest BCUT2D eigenvalue weighted by molar-refractivity contribution is -0.144. The molecule has 0 saturated heterocycles. The normalized spacial score (nSPS) is 23.7. The minimum atomic E-state index is -0.886. The van der Waals surface area contributed by atoms with Gasteiger partial charge in [0.25, 0.3) is 0 Å². The summed E-state index contributed by atoms with van der Waals surface area (Å²) in [5.74, 6) is -0.848. The van der Waals surface area contributed by atoms with Gasteiger partial charge in [0, 0.05) is 12.8 Å². The third-order valence-electron chi connectivity index (χ3n) is 3.74. The third-order valence-corrected chi connectivity index (χ3v) is 3.74. The van der Waals surface area contributed by atoms with Gasteiger partial charge in [-0.15, -0.1) is 0 Å². The van der Waals surface area contributed by atoms with E-state index in [9.17, 15) is 14.7 Å². The fourth-order valence-electron chi connectivity index (χ4n) is 2.74. The maximum absolute atomic E-state index is 11.6. The van der Waals surface area contributed by atoms with Crippen molar-refractivity contribution < 1.29 is 19.4 Å². The van der Waals surface area contributed by atoms with Gasteiger partial charge >= 0.3 is 5.97 Å². The second kappa shape index (κ2) is 5.87. The highest BCUT2D eigenvalue weighted by Crippen LogP contribution is 2.36. The summed E-state index contributed by atoms with van der Waals surface area (Å²) < 4.78 is 5.18. The lowest BCUT2D eigenvalue weighted by Crippen LogP contribution is -2.23. The van der Waals surface area contributed by atoms with E-state index in [1.54, 1.807) is 7.11 Å². The first-order valence-electron chi connectivity index (χ1n) is 6.50. The van der Waals surface area contributed by atoms with Crippen LogP contribution in [-0.4, -0.2) is 24.0 Å². The Morgan fingerprint density at radius 2 is 2.21 bits per heavy atom. The number of carbonyl (C=O) groups is 2. The summed E-state index contributed by atoms with van der Waals surface area (Å²) in [7, 11) is 1.59. The molecule has 1 N–H and O–H groups in total. The molecule has 1 aliphatic rings. The van der Waals surface area contributed by atoms with Gasteiger partial charge in [-0.25, -0.2) is 0 Å². The van der Waals surface area contributed by atoms with E-state index in [1.807, 2.05) is 24.3 Å². The van der Waals surface area contributed by atoms with Crippen LogP contribution in [0.2, 0.25) is 0 Å². The van der Waals surface area contributed by atoms with Crippen molar-refractivity contribution in [2.24, 2.45) is 5.92 Å². The molecule has 1 aliphatic carbocycles. The Balaban J connectivity index is 2.32. The molecular formula is C15H18O4. The van der Waals surface area contributed by atoms with E-state index < -0.39 is 11.9 Å². The van der Waals surface area contributed by atoms with Gasteiger partial charge in [0.2, 0.25) is 0 Å². The quantitative estimate of drug-likeness (QED) is 0.850. The summed E-state index contributed by atoms with van der Waals surface area (Å²) in [5, 5.41) is 9.36. The Labute approximate surface area is 112 Å². The van der Waals surface area contributed by atoms with Crippen molar-refractivity contribution in [3.8, 4) is 5.75 Å². The van der Waals surface area contributed by atoms with Crippen LogP contribution in [0.1, 0.15) is 37.2 Å². The predicted octanol–water partition coefficient (Wildman–Crippen LogP) is 2.62.